The molecule has 0 spiro atoms. The summed E-state index contributed by atoms with van der Waals surface area (Å²) in [7, 11) is 0. The third-order valence-electron chi connectivity index (χ3n) is 3.93. The molecule has 4 N–H and O–H groups in total. The van der Waals surface area contributed by atoms with Gasteiger partial charge in [-0.25, -0.2) is 0 Å². The Labute approximate surface area is 153 Å². The zero-order valence-corrected chi connectivity index (χ0v) is 15.1. The fourth-order valence-electron chi connectivity index (χ4n) is 2.54. The van der Waals surface area contributed by atoms with E-state index in [2.05, 4.69) is 4.99 Å². The van der Waals surface area contributed by atoms with Crippen LogP contribution in [0.25, 0.3) is 0 Å². The van der Waals surface area contributed by atoms with Crippen LogP contribution in [0.3, 0.4) is 0 Å². The van der Waals surface area contributed by atoms with Crippen molar-refractivity contribution < 1.29 is 29.9 Å². The van der Waals surface area contributed by atoms with Gasteiger partial charge in [0.05, 0.1) is 6.61 Å². The molecule has 1 saturated heterocycles. The molecule has 0 radical (unpaired) electrons. The second kappa shape index (κ2) is 8.23. The second-order valence-corrected chi connectivity index (χ2v) is 7.57. The van der Waals surface area contributed by atoms with Gasteiger partial charge in [-0.2, -0.15) is 3.71 Å². The summed E-state index contributed by atoms with van der Waals surface area (Å²) in [6.07, 6.45) is -4.62. The molecule has 25 heavy (non-hydrogen) atoms. The first-order chi connectivity index (χ1) is 12.0. The average molecular weight is 388 g/mol. The van der Waals surface area contributed by atoms with Crippen LogP contribution in [0.5, 0.6) is 5.75 Å². The summed E-state index contributed by atoms with van der Waals surface area (Å²) >= 11 is 3.04. The van der Waals surface area contributed by atoms with Crippen LogP contribution in [0.15, 0.2) is 29.3 Å². The minimum atomic E-state index is -1.48. The lowest BCUT2D eigenvalue weighted by molar-refractivity contribution is -0.277. The summed E-state index contributed by atoms with van der Waals surface area (Å²) in [5.41, 5.74) is 0.737. The van der Waals surface area contributed by atoms with E-state index in [1.807, 2.05) is 22.1 Å². The predicted octanol–water partition coefficient (Wildman–Crippen LogP) is -0.189. The number of aliphatic imine (C=N–C) groups is 1. The van der Waals surface area contributed by atoms with Crippen molar-refractivity contribution in [3.05, 3.63) is 29.8 Å². The summed E-state index contributed by atoms with van der Waals surface area (Å²) in [6.45, 7) is 0.0489. The van der Waals surface area contributed by atoms with Gasteiger partial charge in [0, 0.05) is 5.56 Å². The molecule has 0 aromatic heterocycles. The number of aliphatic hydroxyl groups excluding tert-OH is 4. The molecule has 8 nitrogen and oxygen atoms in total. The largest absolute Gasteiger partial charge is 0.461 e. The summed E-state index contributed by atoms with van der Waals surface area (Å²) in [5.74, 6) is 0.432. The minimum absolute atomic E-state index is 0.432. The highest BCUT2D eigenvalue weighted by molar-refractivity contribution is 8.20. The highest BCUT2D eigenvalue weighted by Crippen LogP contribution is 2.34. The predicted molar refractivity (Wildman–Crippen MR) is 95.2 cm³/mol. The van der Waals surface area contributed by atoms with Crippen molar-refractivity contribution in [3.63, 3.8) is 0 Å². The molecule has 0 saturated carbocycles. The topological polar surface area (TPSA) is 115 Å². The van der Waals surface area contributed by atoms with Crippen molar-refractivity contribution in [1.82, 2.24) is 3.71 Å². The normalized spacial score (nSPS) is 33.3. The fourth-order valence-corrected chi connectivity index (χ4v) is 3.92. The third kappa shape index (κ3) is 3.96. The SMILES string of the molecule is CSN1CN=C(c2ccccc2O[C@@H]2O[C@H](CO)[C@@H](O)[C@H](O)[C@H]2O)S1. The van der Waals surface area contributed by atoms with Crippen molar-refractivity contribution in [2.75, 3.05) is 19.5 Å². The molecule has 3 rings (SSSR count). The van der Waals surface area contributed by atoms with Gasteiger partial charge in [-0.1, -0.05) is 24.1 Å². The highest BCUT2D eigenvalue weighted by atomic mass is 32.2. The summed E-state index contributed by atoms with van der Waals surface area (Å²) in [5, 5.41) is 39.9. The second-order valence-electron chi connectivity index (χ2n) is 5.52. The van der Waals surface area contributed by atoms with E-state index in [0.29, 0.717) is 12.4 Å². The number of benzene rings is 1. The lowest BCUT2D eigenvalue weighted by Crippen LogP contribution is -2.60. The minimum Gasteiger partial charge on any atom is -0.461 e. The molecule has 1 aromatic carbocycles. The van der Waals surface area contributed by atoms with Gasteiger partial charge in [0.1, 0.15) is 41.9 Å². The first-order valence-corrected chi connectivity index (χ1v) is 9.61. The van der Waals surface area contributed by atoms with Crippen LogP contribution >= 0.6 is 23.9 Å². The van der Waals surface area contributed by atoms with E-state index in [1.54, 1.807) is 24.1 Å². The number of hydrogen-bond acceptors (Lipinski definition) is 10. The standard InChI is InChI=1S/C15H20N2O6S2/c1-24-17-7-16-14(25-17)8-4-2-3-5-9(8)22-15-13(21)12(20)11(19)10(6-18)23-15/h2-5,10-13,15,18-21H,6-7H2,1H3/t10-,11-,12+,13-,15-/m1/s1. The van der Waals surface area contributed by atoms with Crippen LogP contribution in [0, 0.1) is 0 Å². The smallest absolute Gasteiger partial charge is 0.229 e. The van der Waals surface area contributed by atoms with Gasteiger partial charge in [-0.05, 0) is 30.3 Å². The Hall–Kier alpha value is -0.850. The molecule has 2 heterocycles. The zero-order chi connectivity index (χ0) is 18.0. The van der Waals surface area contributed by atoms with Crippen LogP contribution in [-0.4, -0.2) is 79.4 Å². The van der Waals surface area contributed by atoms with Crippen molar-refractivity contribution in [1.29, 1.82) is 0 Å². The van der Waals surface area contributed by atoms with Gasteiger partial charge >= 0.3 is 0 Å². The van der Waals surface area contributed by atoms with Crippen LogP contribution in [0.2, 0.25) is 0 Å². The van der Waals surface area contributed by atoms with Gasteiger partial charge in [-0.15, -0.1) is 0 Å². The lowest BCUT2D eigenvalue weighted by Gasteiger charge is -2.39. The summed E-state index contributed by atoms with van der Waals surface area (Å²) in [4.78, 5) is 4.46. The number of rotatable bonds is 5. The Bertz CT molecular complexity index is 632. The monoisotopic (exact) mass is 388 g/mol. The molecule has 1 fully saturated rings. The Morgan fingerprint density at radius 2 is 2.04 bits per heavy atom. The van der Waals surface area contributed by atoms with E-state index in [4.69, 9.17) is 9.47 Å². The number of nitrogens with zero attached hydrogens (tertiary/aromatic N) is 2. The van der Waals surface area contributed by atoms with Gasteiger partial charge in [0.25, 0.3) is 0 Å². The zero-order valence-electron chi connectivity index (χ0n) is 13.4. The van der Waals surface area contributed by atoms with E-state index < -0.39 is 37.3 Å². The van der Waals surface area contributed by atoms with Crippen molar-refractivity contribution in [2.24, 2.45) is 4.99 Å². The molecule has 5 atom stereocenters. The van der Waals surface area contributed by atoms with Crippen LogP contribution in [0.4, 0.5) is 0 Å². The van der Waals surface area contributed by atoms with E-state index >= 15 is 0 Å². The molecule has 0 unspecified atom stereocenters. The quantitative estimate of drug-likeness (QED) is 0.510. The lowest BCUT2D eigenvalue weighted by atomic mass is 9.99. The van der Waals surface area contributed by atoms with E-state index in [0.717, 1.165) is 10.6 Å². The van der Waals surface area contributed by atoms with Crippen LogP contribution < -0.4 is 4.74 Å². The molecule has 138 valence electrons. The number of hydrogen-bond donors (Lipinski definition) is 4. The van der Waals surface area contributed by atoms with Gasteiger partial charge in [0.2, 0.25) is 6.29 Å². The Kier molecular flexibility index (Phi) is 6.23. The molecule has 0 amide bonds. The highest BCUT2D eigenvalue weighted by Gasteiger charge is 2.45. The van der Waals surface area contributed by atoms with E-state index in [-0.39, 0.29) is 0 Å². The molecule has 2 aliphatic heterocycles. The van der Waals surface area contributed by atoms with Gasteiger partial charge < -0.3 is 29.9 Å². The molecule has 1 aromatic rings. The van der Waals surface area contributed by atoms with Gasteiger partial charge in [-0.3, -0.25) is 4.99 Å². The first-order valence-electron chi connectivity index (χ1n) is 7.65. The maximum absolute atomic E-state index is 10.1. The van der Waals surface area contributed by atoms with Crippen molar-refractivity contribution in [3.8, 4) is 5.75 Å². The molecule has 0 bridgehead atoms. The van der Waals surface area contributed by atoms with Crippen LogP contribution in [0.1, 0.15) is 5.56 Å². The molecule has 0 aliphatic carbocycles. The average Bonchev–Trinajstić information content (AvgIpc) is 3.11. The molecule has 2 aliphatic rings. The summed E-state index contributed by atoms with van der Waals surface area (Å²) in [6, 6.07) is 7.17. The fraction of sp³-hybridized carbons (Fsp3) is 0.533. The Morgan fingerprint density at radius 1 is 1.28 bits per heavy atom. The molecular formula is C15H20N2O6S2. The number of ether oxygens (including phenoxy) is 2. The molecule has 10 heteroatoms. The summed E-state index contributed by atoms with van der Waals surface area (Å²) < 4.78 is 13.2. The number of aliphatic hydroxyl groups is 4. The van der Waals surface area contributed by atoms with Crippen LogP contribution in [-0.2, 0) is 4.74 Å². The first kappa shape index (κ1) is 18.9. The number of para-hydroxylation sites is 1. The maximum Gasteiger partial charge on any atom is 0.229 e. The molecular weight excluding hydrogens is 368 g/mol. The van der Waals surface area contributed by atoms with Crippen molar-refractivity contribution >= 4 is 28.9 Å². The van der Waals surface area contributed by atoms with Crippen molar-refractivity contribution in [2.45, 2.75) is 30.7 Å². The Morgan fingerprint density at radius 3 is 2.72 bits per heavy atom. The van der Waals surface area contributed by atoms with E-state index in [1.165, 1.54) is 11.9 Å². The Balaban J connectivity index is 1.79. The maximum atomic E-state index is 10.1. The van der Waals surface area contributed by atoms with Gasteiger partial charge in [0.15, 0.2) is 0 Å². The van der Waals surface area contributed by atoms with E-state index in [9.17, 15) is 20.4 Å². The third-order valence-corrected chi connectivity index (χ3v) is 5.97.